The van der Waals surface area contributed by atoms with Crippen LogP contribution in [0.15, 0.2) is 54.6 Å². The standard InChI is InChI=1S/C25H33N5O5/c1-25(2,3)35-24(33)30-20(16-34-15-17-8-5-4-6-9-17)23(32)29-14-21(31)28-13-18-10-7-11-19(12-18)22(26)27/h4-12,20H,13-16H2,1-3H3,(H3,26,27)(H,28,31)(H,29,32)(H,30,33)/t20-/m1/s1. The van der Waals surface area contributed by atoms with Crippen LogP contribution in [0.25, 0.3) is 0 Å². The summed E-state index contributed by atoms with van der Waals surface area (Å²) in [4.78, 5) is 37.1. The summed E-state index contributed by atoms with van der Waals surface area (Å²) in [6.07, 6.45) is -0.768. The smallest absolute Gasteiger partial charge is 0.408 e. The molecule has 35 heavy (non-hydrogen) atoms. The summed E-state index contributed by atoms with van der Waals surface area (Å²) in [5.74, 6) is -1.08. The summed E-state index contributed by atoms with van der Waals surface area (Å²) in [6.45, 7) is 5.18. The molecule has 2 rings (SSSR count). The van der Waals surface area contributed by atoms with E-state index in [0.717, 1.165) is 11.1 Å². The lowest BCUT2D eigenvalue weighted by Crippen LogP contribution is -2.52. The minimum atomic E-state index is -1.06. The Morgan fingerprint density at radius 2 is 1.69 bits per heavy atom. The van der Waals surface area contributed by atoms with Gasteiger partial charge in [-0.1, -0.05) is 48.5 Å². The second kappa shape index (κ2) is 13.1. The van der Waals surface area contributed by atoms with Gasteiger partial charge in [0.1, 0.15) is 17.5 Å². The Morgan fingerprint density at radius 1 is 1.00 bits per heavy atom. The summed E-state index contributed by atoms with van der Waals surface area (Å²) >= 11 is 0. The second-order valence-electron chi connectivity index (χ2n) is 8.81. The number of carbonyl (C=O) groups excluding carboxylic acids is 3. The number of hydrogen-bond acceptors (Lipinski definition) is 6. The van der Waals surface area contributed by atoms with Crippen LogP contribution in [0.1, 0.15) is 37.5 Å². The fraction of sp³-hybridized carbons (Fsp3) is 0.360. The van der Waals surface area contributed by atoms with E-state index in [1.165, 1.54) is 0 Å². The predicted molar refractivity (Wildman–Crippen MR) is 132 cm³/mol. The number of benzene rings is 2. The first-order chi connectivity index (χ1) is 16.5. The summed E-state index contributed by atoms with van der Waals surface area (Å²) in [5.41, 5.74) is 6.97. The average Bonchev–Trinajstić information content (AvgIpc) is 2.80. The highest BCUT2D eigenvalue weighted by Crippen LogP contribution is 2.08. The number of ether oxygens (including phenoxy) is 2. The maximum Gasteiger partial charge on any atom is 0.408 e. The molecule has 0 unspecified atom stereocenters. The van der Waals surface area contributed by atoms with Crippen molar-refractivity contribution < 1.29 is 23.9 Å². The first-order valence-electron chi connectivity index (χ1n) is 11.1. The molecule has 2 aromatic carbocycles. The number of hydrogen-bond donors (Lipinski definition) is 5. The van der Waals surface area contributed by atoms with Crippen molar-refractivity contribution in [2.45, 2.75) is 45.6 Å². The molecule has 0 bridgehead atoms. The maximum atomic E-state index is 12.7. The minimum absolute atomic E-state index is 0.0662. The largest absolute Gasteiger partial charge is 0.444 e. The molecular weight excluding hydrogens is 450 g/mol. The first-order valence-corrected chi connectivity index (χ1v) is 11.1. The van der Waals surface area contributed by atoms with Gasteiger partial charge in [0.05, 0.1) is 19.8 Å². The van der Waals surface area contributed by atoms with Gasteiger partial charge in [0.2, 0.25) is 11.8 Å². The molecule has 1 atom stereocenters. The Balaban J connectivity index is 1.89. The van der Waals surface area contributed by atoms with Crippen molar-refractivity contribution in [2.75, 3.05) is 13.2 Å². The molecule has 188 valence electrons. The van der Waals surface area contributed by atoms with E-state index in [1.54, 1.807) is 45.0 Å². The molecule has 2 aromatic rings. The van der Waals surface area contributed by atoms with Crippen molar-refractivity contribution in [3.05, 3.63) is 71.3 Å². The van der Waals surface area contributed by atoms with E-state index in [9.17, 15) is 14.4 Å². The Morgan fingerprint density at radius 3 is 2.34 bits per heavy atom. The highest BCUT2D eigenvalue weighted by molar-refractivity contribution is 5.95. The molecule has 6 N–H and O–H groups in total. The molecular formula is C25H33N5O5. The molecule has 0 aliphatic carbocycles. The van der Waals surface area contributed by atoms with Crippen LogP contribution in [0, 0.1) is 5.41 Å². The second-order valence-corrected chi connectivity index (χ2v) is 8.81. The molecule has 10 heteroatoms. The van der Waals surface area contributed by atoms with Crippen LogP contribution >= 0.6 is 0 Å². The van der Waals surface area contributed by atoms with Crippen molar-refractivity contribution in [3.63, 3.8) is 0 Å². The van der Waals surface area contributed by atoms with E-state index in [-0.39, 0.29) is 32.1 Å². The Bertz CT molecular complexity index is 1020. The molecule has 0 aliphatic rings. The third-order valence-electron chi connectivity index (χ3n) is 4.55. The Kier molecular flexibility index (Phi) is 10.2. The van der Waals surface area contributed by atoms with Gasteiger partial charge < -0.3 is 31.2 Å². The van der Waals surface area contributed by atoms with Gasteiger partial charge in [0.25, 0.3) is 0 Å². The van der Waals surface area contributed by atoms with Crippen LogP contribution < -0.4 is 21.7 Å². The van der Waals surface area contributed by atoms with Crippen LogP contribution in [-0.2, 0) is 32.2 Å². The van der Waals surface area contributed by atoms with Crippen molar-refractivity contribution in [3.8, 4) is 0 Å². The van der Waals surface area contributed by atoms with Gasteiger partial charge in [-0.05, 0) is 38.0 Å². The number of alkyl carbamates (subject to hydrolysis) is 1. The molecule has 3 amide bonds. The van der Waals surface area contributed by atoms with E-state index >= 15 is 0 Å². The molecule has 0 saturated carbocycles. The number of carbonyl (C=O) groups is 3. The fourth-order valence-electron chi connectivity index (χ4n) is 2.90. The SMILES string of the molecule is CC(C)(C)OC(=O)N[C@H](COCc1ccccc1)C(=O)NCC(=O)NCc1cccc(C(=N)N)c1. The molecule has 0 heterocycles. The summed E-state index contributed by atoms with van der Waals surface area (Å²) in [7, 11) is 0. The molecule has 10 nitrogen and oxygen atoms in total. The predicted octanol–water partition coefficient (Wildman–Crippen LogP) is 1.81. The first kappa shape index (κ1) is 27.3. The molecule has 0 saturated heterocycles. The monoisotopic (exact) mass is 483 g/mol. The molecule has 0 fully saturated rings. The van der Waals surface area contributed by atoms with Gasteiger partial charge in [-0.15, -0.1) is 0 Å². The molecule has 0 spiro atoms. The van der Waals surface area contributed by atoms with Gasteiger partial charge in [0.15, 0.2) is 0 Å². The highest BCUT2D eigenvalue weighted by Gasteiger charge is 2.25. The molecule has 0 aromatic heterocycles. The van der Waals surface area contributed by atoms with Gasteiger partial charge in [-0.3, -0.25) is 15.0 Å². The zero-order valence-corrected chi connectivity index (χ0v) is 20.2. The summed E-state index contributed by atoms with van der Waals surface area (Å²) < 4.78 is 10.9. The van der Waals surface area contributed by atoms with Crippen molar-refractivity contribution in [1.29, 1.82) is 5.41 Å². The van der Waals surface area contributed by atoms with Crippen molar-refractivity contribution in [1.82, 2.24) is 16.0 Å². The third kappa shape index (κ3) is 10.7. The van der Waals surface area contributed by atoms with E-state index < -0.39 is 29.6 Å². The topological polar surface area (TPSA) is 156 Å². The maximum absolute atomic E-state index is 12.7. The van der Waals surface area contributed by atoms with E-state index in [4.69, 9.17) is 20.6 Å². The lowest BCUT2D eigenvalue weighted by molar-refractivity contribution is -0.128. The van der Waals surface area contributed by atoms with E-state index in [0.29, 0.717) is 5.56 Å². The minimum Gasteiger partial charge on any atom is -0.444 e. The van der Waals surface area contributed by atoms with Crippen LogP contribution in [0.3, 0.4) is 0 Å². The van der Waals surface area contributed by atoms with Crippen LogP contribution in [-0.4, -0.2) is 48.5 Å². The third-order valence-corrected chi connectivity index (χ3v) is 4.55. The zero-order chi connectivity index (χ0) is 25.8. The quantitative estimate of drug-likeness (QED) is 0.242. The number of rotatable bonds is 11. The van der Waals surface area contributed by atoms with Crippen LogP contribution in [0.4, 0.5) is 4.79 Å². The van der Waals surface area contributed by atoms with Gasteiger partial charge in [-0.25, -0.2) is 4.79 Å². The van der Waals surface area contributed by atoms with Gasteiger partial charge in [0, 0.05) is 12.1 Å². The van der Waals surface area contributed by atoms with E-state index in [1.807, 2.05) is 30.3 Å². The van der Waals surface area contributed by atoms with Crippen LogP contribution in [0.5, 0.6) is 0 Å². The summed E-state index contributed by atoms with van der Waals surface area (Å²) in [5, 5.41) is 15.2. The number of nitrogens with one attached hydrogen (secondary N) is 4. The number of nitrogen functional groups attached to an aromatic ring is 1. The van der Waals surface area contributed by atoms with Gasteiger partial charge >= 0.3 is 6.09 Å². The normalized spacial score (nSPS) is 11.7. The lowest BCUT2D eigenvalue weighted by atomic mass is 10.1. The molecule has 0 aliphatic heterocycles. The van der Waals surface area contributed by atoms with Crippen LogP contribution in [0.2, 0.25) is 0 Å². The zero-order valence-electron chi connectivity index (χ0n) is 20.2. The van der Waals surface area contributed by atoms with Crippen molar-refractivity contribution in [2.24, 2.45) is 5.73 Å². The molecule has 0 radical (unpaired) electrons. The van der Waals surface area contributed by atoms with Crippen molar-refractivity contribution >= 4 is 23.7 Å². The fourth-order valence-corrected chi connectivity index (χ4v) is 2.90. The Labute approximate surface area is 205 Å². The summed E-state index contributed by atoms with van der Waals surface area (Å²) in [6, 6.07) is 15.3. The number of amidine groups is 1. The van der Waals surface area contributed by atoms with Gasteiger partial charge in [-0.2, -0.15) is 0 Å². The highest BCUT2D eigenvalue weighted by atomic mass is 16.6. The lowest BCUT2D eigenvalue weighted by Gasteiger charge is -2.23. The Hall–Kier alpha value is -3.92. The number of nitrogens with two attached hydrogens (primary N) is 1. The number of amides is 3. The van der Waals surface area contributed by atoms with E-state index in [2.05, 4.69) is 16.0 Å². The average molecular weight is 484 g/mol.